The molecule has 2 aromatic carbocycles. The standard InChI is InChI=1S/C30H32FN7O/c1-19-3-5-25(14-28(19)38-30-35-12-9-27(37-30)24-16-33-18-34-17-24)36-29(39)26-6-4-22(13-23(26)15-31)20(2)21-7-10-32-11-8-21/h3-6,9,12-14,16-18,20-21,32H,7-8,10-11,15H2,1-2H3,(H,36,39)(H,35,37,38). The Morgan fingerprint density at radius 2 is 1.90 bits per heavy atom. The summed E-state index contributed by atoms with van der Waals surface area (Å²) in [6.45, 7) is 5.47. The van der Waals surface area contributed by atoms with Crippen LogP contribution in [-0.2, 0) is 6.67 Å². The minimum Gasteiger partial charge on any atom is -0.324 e. The molecule has 2 aromatic heterocycles. The van der Waals surface area contributed by atoms with E-state index >= 15 is 0 Å². The normalized spacial score (nSPS) is 14.5. The van der Waals surface area contributed by atoms with Gasteiger partial charge in [-0.2, -0.15) is 0 Å². The Balaban J connectivity index is 1.31. The molecule has 0 saturated carbocycles. The zero-order valence-electron chi connectivity index (χ0n) is 22.1. The predicted octanol–water partition coefficient (Wildman–Crippen LogP) is 5.81. The molecule has 39 heavy (non-hydrogen) atoms. The van der Waals surface area contributed by atoms with Crippen molar-refractivity contribution < 1.29 is 9.18 Å². The topological polar surface area (TPSA) is 105 Å². The fourth-order valence-corrected chi connectivity index (χ4v) is 5.01. The van der Waals surface area contributed by atoms with Gasteiger partial charge >= 0.3 is 0 Å². The molecule has 5 rings (SSSR count). The van der Waals surface area contributed by atoms with Gasteiger partial charge in [-0.05, 0) is 85.6 Å². The summed E-state index contributed by atoms with van der Waals surface area (Å²) in [4.78, 5) is 30.2. The maximum atomic E-state index is 14.1. The summed E-state index contributed by atoms with van der Waals surface area (Å²) in [6, 6.07) is 12.9. The molecule has 200 valence electrons. The van der Waals surface area contributed by atoms with Crippen LogP contribution in [0, 0.1) is 12.8 Å². The average Bonchev–Trinajstić information content (AvgIpc) is 2.99. The largest absolute Gasteiger partial charge is 0.324 e. The Morgan fingerprint density at radius 1 is 1.10 bits per heavy atom. The lowest BCUT2D eigenvalue weighted by Crippen LogP contribution is -2.30. The van der Waals surface area contributed by atoms with Crippen LogP contribution >= 0.6 is 0 Å². The van der Waals surface area contributed by atoms with Crippen LogP contribution in [0.25, 0.3) is 11.3 Å². The van der Waals surface area contributed by atoms with Crippen molar-refractivity contribution in [3.63, 3.8) is 0 Å². The van der Waals surface area contributed by atoms with Gasteiger partial charge in [0.15, 0.2) is 0 Å². The van der Waals surface area contributed by atoms with Gasteiger partial charge in [0.05, 0.1) is 5.69 Å². The van der Waals surface area contributed by atoms with E-state index in [0.29, 0.717) is 40.3 Å². The van der Waals surface area contributed by atoms with Crippen molar-refractivity contribution in [3.05, 3.63) is 89.6 Å². The summed E-state index contributed by atoms with van der Waals surface area (Å²) in [6.07, 6.45) is 8.71. The van der Waals surface area contributed by atoms with Crippen LogP contribution in [0.3, 0.4) is 0 Å². The molecule has 1 aliphatic heterocycles. The number of carbonyl (C=O) groups is 1. The fourth-order valence-electron chi connectivity index (χ4n) is 5.01. The van der Waals surface area contributed by atoms with E-state index in [0.717, 1.165) is 48.3 Å². The van der Waals surface area contributed by atoms with Crippen molar-refractivity contribution in [3.8, 4) is 11.3 Å². The van der Waals surface area contributed by atoms with Gasteiger partial charge in [0.2, 0.25) is 5.95 Å². The number of nitrogens with one attached hydrogen (secondary N) is 3. The van der Waals surface area contributed by atoms with Gasteiger partial charge in [-0.15, -0.1) is 0 Å². The molecule has 1 amide bonds. The molecule has 1 unspecified atom stereocenters. The van der Waals surface area contributed by atoms with Gasteiger partial charge in [0, 0.05) is 41.1 Å². The lowest BCUT2D eigenvalue weighted by Gasteiger charge is -2.29. The molecule has 3 heterocycles. The monoisotopic (exact) mass is 525 g/mol. The first-order chi connectivity index (χ1) is 19.0. The van der Waals surface area contributed by atoms with Crippen molar-refractivity contribution in [2.75, 3.05) is 23.7 Å². The predicted molar refractivity (Wildman–Crippen MR) is 151 cm³/mol. The Hall–Kier alpha value is -4.24. The van der Waals surface area contributed by atoms with E-state index in [-0.39, 0.29) is 5.91 Å². The number of anilines is 3. The number of piperidine rings is 1. The second-order valence-electron chi connectivity index (χ2n) is 9.93. The zero-order chi connectivity index (χ0) is 27.2. The van der Waals surface area contributed by atoms with E-state index < -0.39 is 6.67 Å². The van der Waals surface area contributed by atoms with E-state index in [1.807, 2.05) is 37.3 Å². The third-order valence-corrected chi connectivity index (χ3v) is 7.39. The molecule has 8 nitrogen and oxygen atoms in total. The summed E-state index contributed by atoms with van der Waals surface area (Å²) >= 11 is 0. The number of alkyl halides is 1. The summed E-state index contributed by atoms with van der Waals surface area (Å²) in [7, 11) is 0. The molecule has 1 atom stereocenters. The highest BCUT2D eigenvalue weighted by Crippen LogP contribution is 2.32. The Labute approximate surface area is 227 Å². The number of benzene rings is 2. The van der Waals surface area contributed by atoms with E-state index in [1.165, 1.54) is 6.33 Å². The van der Waals surface area contributed by atoms with Gasteiger partial charge < -0.3 is 16.0 Å². The molecule has 1 saturated heterocycles. The van der Waals surface area contributed by atoms with Crippen LogP contribution in [0.15, 0.2) is 67.4 Å². The van der Waals surface area contributed by atoms with Crippen LogP contribution in [0.2, 0.25) is 0 Å². The molecule has 4 aromatic rings. The lowest BCUT2D eigenvalue weighted by atomic mass is 9.81. The van der Waals surface area contributed by atoms with Gasteiger partial charge in [0.25, 0.3) is 5.91 Å². The molecule has 1 fully saturated rings. The minimum absolute atomic E-state index is 0.315. The van der Waals surface area contributed by atoms with Crippen LogP contribution in [0.1, 0.15) is 52.7 Å². The average molecular weight is 526 g/mol. The Morgan fingerprint density at radius 3 is 2.67 bits per heavy atom. The maximum Gasteiger partial charge on any atom is 0.256 e. The van der Waals surface area contributed by atoms with Crippen molar-refractivity contribution in [1.82, 2.24) is 25.3 Å². The molecule has 0 spiro atoms. The number of amides is 1. The van der Waals surface area contributed by atoms with Gasteiger partial charge in [-0.3, -0.25) is 4.79 Å². The Bertz CT molecular complexity index is 1440. The number of hydrogen-bond acceptors (Lipinski definition) is 7. The van der Waals surface area contributed by atoms with Crippen LogP contribution in [-0.4, -0.2) is 38.9 Å². The number of rotatable bonds is 8. The molecule has 3 N–H and O–H groups in total. The van der Waals surface area contributed by atoms with Crippen LogP contribution in [0.5, 0.6) is 0 Å². The lowest BCUT2D eigenvalue weighted by molar-refractivity contribution is 0.102. The fraction of sp³-hybridized carbons (Fsp3) is 0.300. The molecule has 1 aliphatic rings. The van der Waals surface area contributed by atoms with Gasteiger partial charge in [0.1, 0.15) is 13.0 Å². The number of aryl methyl sites for hydroxylation is 1. The Kier molecular flexibility index (Phi) is 8.17. The molecular formula is C30H32FN7O. The number of halogens is 1. The molecule has 0 radical (unpaired) electrons. The summed E-state index contributed by atoms with van der Waals surface area (Å²) < 4.78 is 14.1. The van der Waals surface area contributed by atoms with E-state index in [9.17, 15) is 9.18 Å². The van der Waals surface area contributed by atoms with Gasteiger partial charge in [-0.25, -0.2) is 24.3 Å². The second-order valence-corrected chi connectivity index (χ2v) is 9.93. The van der Waals surface area contributed by atoms with Crippen molar-refractivity contribution in [1.29, 1.82) is 0 Å². The highest BCUT2D eigenvalue weighted by atomic mass is 19.1. The molecule has 0 aliphatic carbocycles. The number of nitrogens with zero attached hydrogens (tertiary/aromatic N) is 4. The second kappa shape index (κ2) is 12.1. The van der Waals surface area contributed by atoms with Crippen LogP contribution in [0.4, 0.5) is 21.7 Å². The minimum atomic E-state index is -0.698. The number of aromatic nitrogens is 4. The summed E-state index contributed by atoms with van der Waals surface area (Å²) in [5, 5.41) is 9.55. The van der Waals surface area contributed by atoms with Gasteiger partial charge in [-0.1, -0.05) is 25.1 Å². The first-order valence-corrected chi connectivity index (χ1v) is 13.2. The number of carbonyl (C=O) groups excluding carboxylic acids is 1. The highest BCUT2D eigenvalue weighted by Gasteiger charge is 2.23. The third kappa shape index (κ3) is 6.26. The first-order valence-electron chi connectivity index (χ1n) is 13.2. The highest BCUT2D eigenvalue weighted by molar-refractivity contribution is 6.05. The van der Waals surface area contributed by atoms with E-state index in [4.69, 9.17) is 0 Å². The first kappa shape index (κ1) is 26.4. The van der Waals surface area contributed by atoms with Crippen LogP contribution < -0.4 is 16.0 Å². The molecule has 0 bridgehead atoms. The third-order valence-electron chi connectivity index (χ3n) is 7.39. The summed E-state index contributed by atoms with van der Waals surface area (Å²) in [5.74, 6) is 0.930. The van der Waals surface area contributed by atoms with E-state index in [1.54, 1.807) is 30.7 Å². The smallest absolute Gasteiger partial charge is 0.256 e. The maximum absolute atomic E-state index is 14.1. The quantitative estimate of drug-likeness (QED) is 0.267. The summed E-state index contributed by atoms with van der Waals surface area (Å²) in [5.41, 5.74) is 5.57. The number of hydrogen-bond donors (Lipinski definition) is 3. The van der Waals surface area contributed by atoms with Crippen molar-refractivity contribution >= 4 is 23.2 Å². The molecular weight excluding hydrogens is 493 g/mol. The SMILES string of the molecule is Cc1ccc(NC(=O)c2ccc(C(C)C3CCNCC3)cc2CF)cc1Nc1nccc(-c2cncnc2)n1. The molecule has 9 heteroatoms. The van der Waals surface area contributed by atoms with Crippen molar-refractivity contribution in [2.45, 2.75) is 39.3 Å². The van der Waals surface area contributed by atoms with E-state index in [2.05, 4.69) is 42.8 Å². The van der Waals surface area contributed by atoms with Crippen molar-refractivity contribution in [2.24, 2.45) is 5.92 Å². The zero-order valence-corrected chi connectivity index (χ0v) is 22.1.